The minimum Gasteiger partial charge on any atom is -0.486 e. The predicted molar refractivity (Wildman–Crippen MR) is 107 cm³/mol. The molecule has 7 heteroatoms. The normalized spacial score (nSPS) is 11.9. The van der Waals surface area contributed by atoms with Gasteiger partial charge in [-0.15, -0.1) is 0 Å². The molecular weight excluding hydrogens is 368 g/mol. The number of aromatic nitrogens is 3. The van der Waals surface area contributed by atoms with E-state index in [4.69, 9.17) is 9.26 Å². The fourth-order valence-electron chi connectivity index (χ4n) is 3.04. The highest BCUT2D eigenvalue weighted by Gasteiger charge is 2.18. The fourth-order valence-corrected chi connectivity index (χ4v) is 3.04. The van der Waals surface area contributed by atoms with E-state index in [1.165, 1.54) is 0 Å². The number of carbonyl (C=O) groups excluding carboxylic acids is 1. The molecular formula is C22H20N4O3. The first kappa shape index (κ1) is 18.6. The van der Waals surface area contributed by atoms with E-state index in [1.54, 1.807) is 24.7 Å². The highest BCUT2D eigenvalue weighted by atomic mass is 16.5. The Kier molecular flexibility index (Phi) is 5.47. The number of benzene rings is 1. The topological polar surface area (TPSA) is 90.1 Å². The van der Waals surface area contributed by atoms with E-state index < -0.39 is 0 Å². The van der Waals surface area contributed by atoms with Gasteiger partial charge in [0.2, 0.25) is 0 Å². The second-order valence-corrected chi connectivity index (χ2v) is 6.54. The third-order valence-corrected chi connectivity index (χ3v) is 4.57. The standard InChI is InChI=1S/C22H20N4O3/c1-2-19(15-7-10-23-11-8-15)25-22(27)21-13-18(29-26-21)14-28-17-5-6-20-16(12-17)4-3-9-24-20/h3-13,19H,2,14H2,1H3,(H,25,27)/t19-/m1/s1. The average molecular weight is 388 g/mol. The third kappa shape index (κ3) is 4.40. The van der Waals surface area contributed by atoms with Crippen molar-refractivity contribution in [2.75, 3.05) is 0 Å². The molecule has 1 N–H and O–H groups in total. The van der Waals surface area contributed by atoms with Gasteiger partial charge in [0.25, 0.3) is 5.91 Å². The molecule has 4 rings (SSSR count). The highest BCUT2D eigenvalue weighted by molar-refractivity contribution is 5.92. The molecule has 0 bridgehead atoms. The smallest absolute Gasteiger partial charge is 0.273 e. The molecule has 1 amide bonds. The first-order valence-electron chi connectivity index (χ1n) is 9.37. The lowest BCUT2D eigenvalue weighted by atomic mass is 10.1. The van der Waals surface area contributed by atoms with Gasteiger partial charge in [-0.25, -0.2) is 0 Å². The van der Waals surface area contributed by atoms with Crippen LogP contribution in [0.25, 0.3) is 10.9 Å². The number of carbonyl (C=O) groups is 1. The molecule has 1 aromatic carbocycles. The molecule has 1 atom stereocenters. The van der Waals surface area contributed by atoms with Crippen molar-refractivity contribution >= 4 is 16.8 Å². The van der Waals surface area contributed by atoms with Gasteiger partial charge in [-0.2, -0.15) is 0 Å². The summed E-state index contributed by atoms with van der Waals surface area (Å²) >= 11 is 0. The summed E-state index contributed by atoms with van der Waals surface area (Å²) < 4.78 is 11.0. The highest BCUT2D eigenvalue weighted by Crippen LogP contribution is 2.20. The second-order valence-electron chi connectivity index (χ2n) is 6.54. The number of nitrogens with zero attached hydrogens (tertiary/aromatic N) is 3. The SMILES string of the molecule is CC[C@@H](NC(=O)c1cc(COc2ccc3ncccc3c2)on1)c1ccncc1. The van der Waals surface area contributed by atoms with Crippen molar-refractivity contribution in [3.8, 4) is 5.75 Å². The number of pyridine rings is 2. The zero-order valence-corrected chi connectivity index (χ0v) is 15.9. The van der Waals surface area contributed by atoms with Gasteiger partial charge in [0.05, 0.1) is 11.6 Å². The van der Waals surface area contributed by atoms with Crippen molar-refractivity contribution in [3.05, 3.63) is 84.1 Å². The third-order valence-electron chi connectivity index (χ3n) is 4.57. The Bertz CT molecular complexity index is 1110. The van der Waals surface area contributed by atoms with E-state index in [9.17, 15) is 4.79 Å². The number of hydrogen-bond acceptors (Lipinski definition) is 6. The summed E-state index contributed by atoms with van der Waals surface area (Å²) in [6, 6.07) is 14.7. The molecule has 0 aliphatic heterocycles. The molecule has 29 heavy (non-hydrogen) atoms. The minimum atomic E-state index is -0.291. The molecule has 146 valence electrons. The van der Waals surface area contributed by atoms with Gasteiger partial charge in [-0.3, -0.25) is 14.8 Å². The van der Waals surface area contributed by atoms with Crippen LogP contribution in [0.4, 0.5) is 0 Å². The maximum absolute atomic E-state index is 12.5. The zero-order chi connectivity index (χ0) is 20.1. The lowest BCUT2D eigenvalue weighted by molar-refractivity contribution is 0.0926. The Labute approximate surface area is 167 Å². The summed E-state index contributed by atoms with van der Waals surface area (Å²) in [4.78, 5) is 20.8. The number of hydrogen-bond donors (Lipinski definition) is 1. The van der Waals surface area contributed by atoms with E-state index in [0.717, 1.165) is 22.9 Å². The molecule has 0 saturated heterocycles. The van der Waals surface area contributed by atoms with Gasteiger partial charge >= 0.3 is 0 Å². The summed E-state index contributed by atoms with van der Waals surface area (Å²) in [5, 5.41) is 7.83. The van der Waals surface area contributed by atoms with Crippen LogP contribution in [0.3, 0.4) is 0 Å². The van der Waals surface area contributed by atoms with Crippen LogP contribution in [0.5, 0.6) is 5.75 Å². The Morgan fingerprint density at radius 2 is 2.00 bits per heavy atom. The number of amides is 1. The second kappa shape index (κ2) is 8.52. The predicted octanol–water partition coefficient (Wildman–Crippen LogP) is 4.08. The van der Waals surface area contributed by atoms with Crippen LogP contribution in [0.1, 0.15) is 41.2 Å². The lowest BCUT2D eigenvalue weighted by Crippen LogP contribution is -2.28. The molecule has 0 aliphatic rings. The molecule has 0 radical (unpaired) electrons. The van der Waals surface area contributed by atoms with Crippen LogP contribution in [0.2, 0.25) is 0 Å². The average Bonchev–Trinajstić information content (AvgIpc) is 3.25. The van der Waals surface area contributed by atoms with Crippen LogP contribution in [0, 0.1) is 0 Å². The van der Waals surface area contributed by atoms with E-state index in [2.05, 4.69) is 20.4 Å². The van der Waals surface area contributed by atoms with E-state index >= 15 is 0 Å². The monoisotopic (exact) mass is 388 g/mol. The lowest BCUT2D eigenvalue weighted by Gasteiger charge is -2.16. The Balaban J connectivity index is 1.39. The van der Waals surface area contributed by atoms with E-state index in [0.29, 0.717) is 11.5 Å². The van der Waals surface area contributed by atoms with Gasteiger partial charge in [-0.05, 0) is 48.4 Å². The van der Waals surface area contributed by atoms with Crippen molar-refractivity contribution < 1.29 is 14.1 Å². The Morgan fingerprint density at radius 3 is 2.83 bits per heavy atom. The summed E-state index contributed by atoms with van der Waals surface area (Å²) in [5.74, 6) is 0.871. The van der Waals surface area contributed by atoms with Gasteiger partial charge in [0, 0.05) is 30.0 Å². The fraction of sp³-hybridized carbons (Fsp3) is 0.182. The zero-order valence-electron chi connectivity index (χ0n) is 15.9. The molecule has 0 spiro atoms. The van der Waals surface area contributed by atoms with Crippen molar-refractivity contribution in [2.24, 2.45) is 0 Å². The molecule has 4 aromatic rings. The van der Waals surface area contributed by atoms with Crippen molar-refractivity contribution in [1.29, 1.82) is 0 Å². The van der Waals surface area contributed by atoms with Crippen LogP contribution in [-0.2, 0) is 6.61 Å². The van der Waals surface area contributed by atoms with Gasteiger partial charge < -0.3 is 14.6 Å². The number of fused-ring (bicyclic) bond motifs is 1. The summed E-state index contributed by atoms with van der Waals surface area (Å²) in [6.45, 7) is 2.18. The first-order valence-corrected chi connectivity index (χ1v) is 9.37. The van der Waals surface area contributed by atoms with Crippen molar-refractivity contribution in [3.63, 3.8) is 0 Å². The van der Waals surface area contributed by atoms with E-state index in [-0.39, 0.29) is 24.2 Å². The number of rotatable bonds is 7. The van der Waals surface area contributed by atoms with Crippen molar-refractivity contribution in [2.45, 2.75) is 26.0 Å². The molecule has 0 aliphatic carbocycles. The van der Waals surface area contributed by atoms with Crippen LogP contribution in [0.15, 0.2) is 71.6 Å². The Morgan fingerprint density at radius 1 is 1.14 bits per heavy atom. The molecule has 3 aromatic heterocycles. The number of nitrogens with one attached hydrogen (secondary N) is 1. The summed E-state index contributed by atoms with van der Waals surface area (Å²) in [6.07, 6.45) is 5.92. The molecule has 7 nitrogen and oxygen atoms in total. The van der Waals surface area contributed by atoms with Crippen LogP contribution >= 0.6 is 0 Å². The molecule has 3 heterocycles. The molecule has 0 saturated carbocycles. The van der Waals surface area contributed by atoms with Gasteiger partial charge in [-0.1, -0.05) is 18.1 Å². The van der Waals surface area contributed by atoms with Gasteiger partial charge in [0.1, 0.15) is 12.4 Å². The van der Waals surface area contributed by atoms with Crippen LogP contribution in [-0.4, -0.2) is 21.0 Å². The van der Waals surface area contributed by atoms with E-state index in [1.807, 2.05) is 49.4 Å². The summed E-state index contributed by atoms with van der Waals surface area (Å²) in [7, 11) is 0. The summed E-state index contributed by atoms with van der Waals surface area (Å²) in [5.41, 5.74) is 2.12. The number of ether oxygens (including phenoxy) is 1. The first-order chi connectivity index (χ1) is 14.2. The van der Waals surface area contributed by atoms with Crippen molar-refractivity contribution in [1.82, 2.24) is 20.4 Å². The maximum Gasteiger partial charge on any atom is 0.273 e. The minimum absolute atomic E-state index is 0.117. The molecule has 0 fully saturated rings. The van der Waals surface area contributed by atoms with Crippen LogP contribution < -0.4 is 10.1 Å². The quantitative estimate of drug-likeness (QED) is 0.513. The maximum atomic E-state index is 12.5. The molecule has 0 unspecified atom stereocenters. The Hall–Kier alpha value is -3.74. The largest absolute Gasteiger partial charge is 0.486 e. The van der Waals surface area contributed by atoms with Gasteiger partial charge in [0.15, 0.2) is 11.5 Å².